The molecule has 0 atom stereocenters. The van der Waals surface area contributed by atoms with E-state index in [-0.39, 0.29) is 11.2 Å². The Bertz CT molecular complexity index is 212. The molecule has 0 aliphatic heterocycles. The second-order valence-electron chi connectivity index (χ2n) is 6.45. The van der Waals surface area contributed by atoms with Gasteiger partial charge >= 0.3 is 9.28 Å². The highest BCUT2D eigenvalue weighted by Crippen LogP contribution is 2.20. The highest BCUT2D eigenvalue weighted by Gasteiger charge is 2.29. The topological polar surface area (TPSA) is 30.5 Å². The van der Waals surface area contributed by atoms with Crippen LogP contribution in [0.5, 0.6) is 0 Å². The quantitative estimate of drug-likeness (QED) is 0.656. The first-order valence-corrected chi connectivity index (χ1v) is 8.97. The molecule has 0 amide bonds. The molecular weight excluding hydrogens is 242 g/mol. The molecule has 0 aliphatic carbocycles. The van der Waals surface area contributed by atoms with Crippen LogP contribution in [0, 0.1) is 0 Å². The third-order valence-corrected chi connectivity index (χ3v) is 5.67. The summed E-state index contributed by atoms with van der Waals surface area (Å²) in [4.78, 5) is 0. The van der Waals surface area contributed by atoms with E-state index >= 15 is 0 Å². The summed E-state index contributed by atoms with van der Waals surface area (Å²) in [7, 11) is -1.69. The molecule has 4 heteroatoms. The fourth-order valence-electron chi connectivity index (χ4n) is 1.32. The predicted octanol–water partition coefficient (Wildman–Crippen LogP) is 3.15. The Kier molecular flexibility index (Phi) is 7.67. The lowest BCUT2D eigenvalue weighted by Crippen LogP contribution is -2.48. The minimum Gasteiger partial charge on any atom is -0.391 e. The van der Waals surface area contributed by atoms with Gasteiger partial charge in [0.1, 0.15) is 0 Å². The monoisotopic (exact) mass is 275 g/mol. The SMILES string of the molecule is CCC(C)(C)O[SiH](CNC(C)C)OC(C)(C)CC. The fraction of sp³-hybridized carbons (Fsp3) is 1.00. The second kappa shape index (κ2) is 7.63. The molecule has 18 heavy (non-hydrogen) atoms. The summed E-state index contributed by atoms with van der Waals surface area (Å²) in [5.74, 6) is 0. The molecule has 0 bridgehead atoms. The highest BCUT2D eigenvalue weighted by molar-refractivity contribution is 6.44. The zero-order valence-electron chi connectivity index (χ0n) is 13.6. The lowest BCUT2D eigenvalue weighted by Gasteiger charge is -2.35. The van der Waals surface area contributed by atoms with Crippen LogP contribution in [0.15, 0.2) is 0 Å². The second-order valence-corrected chi connectivity index (χ2v) is 8.19. The Morgan fingerprint density at radius 1 is 0.944 bits per heavy atom. The summed E-state index contributed by atoms with van der Waals surface area (Å²) < 4.78 is 12.5. The Morgan fingerprint density at radius 3 is 1.61 bits per heavy atom. The van der Waals surface area contributed by atoms with Crippen molar-refractivity contribution in [2.24, 2.45) is 0 Å². The number of hydrogen-bond acceptors (Lipinski definition) is 3. The third kappa shape index (κ3) is 8.24. The van der Waals surface area contributed by atoms with Gasteiger partial charge in [-0.2, -0.15) is 0 Å². The normalized spacial score (nSPS) is 13.7. The van der Waals surface area contributed by atoms with Crippen LogP contribution in [-0.2, 0) is 8.85 Å². The van der Waals surface area contributed by atoms with Gasteiger partial charge in [-0.05, 0) is 40.5 Å². The Balaban J connectivity index is 4.52. The van der Waals surface area contributed by atoms with Crippen LogP contribution in [0.1, 0.15) is 68.2 Å². The zero-order chi connectivity index (χ0) is 14.4. The first kappa shape index (κ1) is 18.1. The smallest absolute Gasteiger partial charge is 0.336 e. The number of hydrogen-bond donors (Lipinski definition) is 1. The van der Waals surface area contributed by atoms with Crippen molar-refractivity contribution >= 4 is 9.28 Å². The molecule has 0 rings (SSSR count). The van der Waals surface area contributed by atoms with Gasteiger partial charge < -0.3 is 14.2 Å². The molecule has 0 radical (unpaired) electrons. The predicted molar refractivity (Wildman–Crippen MR) is 81.2 cm³/mol. The Hall–Kier alpha value is 0.0969. The minimum absolute atomic E-state index is 0.0840. The lowest BCUT2D eigenvalue weighted by atomic mass is 10.1. The van der Waals surface area contributed by atoms with Crippen LogP contribution < -0.4 is 5.32 Å². The first-order chi connectivity index (χ1) is 8.12. The summed E-state index contributed by atoms with van der Waals surface area (Å²) in [6, 6.07) is 0.474. The van der Waals surface area contributed by atoms with Gasteiger partial charge in [0, 0.05) is 12.2 Å². The van der Waals surface area contributed by atoms with Crippen LogP contribution in [0.4, 0.5) is 0 Å². The van der Waals surface area contributed by atoms with Crippen LogP contribution >= 0.6 is 0 Å². The van der Waals surface area contributed by atoms with E-state index in [4.69, 9.17) is 8.85 Å². The van der Waals surface area contributed by atoms with Crippen molar-refractivity contribution < 1.29 is 8.85 Å². The standard InChI is InChI=1S/C14H33NO2Si/c1-9-13(5,6)16-18(11-15-12(3)4)17-14(7,8)10-2/h12,15,18H,9-11H2,1-8H3. The Morgan fingerprint density at radius 2 is 1.33 bits per heavy atom. The minimum atomic E-state index is -1.69. The molecule has 1 N–H and O–H groups in total. The van der Waals surface area contributed by atoms with Gasteiger partial charge in [-0.1, -0.05) is 27.7 Å². The van der Waals surface area contributed by atoms with E-state index in [1.54, 1.807) is 0 Å². The molecule has 0 aromatic heterocycles. The number of nitrogens with one attached hydrogen (secondary N) is 1. The average molecular weight is 276 g/mol. The molecule has 0 heterocycles. The largest absolute Gasteiger partial charge is 0.391 e. The lowest BCUT2D eigenvalue weighted by molar-refractivity contribution is 0.0128. The summed E-state index contributed by atoms with van der Waals surface area (Å²) in [6.07, 6.45) is 2.88. The summed E-state index contributed by atoms with van der Waals surface area (Å²) in [5, 5.41) is 3.45. The molecular formula is C14H33NO2Si. The van der Waals surface area contributed by atoms with Crippen molar-refractivity contribution in [3.8, 4) is 0 Å². The van der Waals surface area contributed by atoms with Gasteiger partial charge in [-0.25, -0.2) is 0 Å². The molecule has 3 nitrogen and oxygen atoms in total. The zero-order valence-corrected chi connectivity index (χ0v) is 14.7. The van der Waals surface area contributed by atoms with E-state index in [1.807, 2.05) is 0 Å². The molecule has 0 saturated heterocycles. The van der Waals surface area contributed by atoms with Crippen molar-refractivity contribution in [3.05, 3.63) is 0 Å². The molecule has 0 unspecified atom stereocenters. The van der Waals surface area contributed by atoms with Crippen LogP contribution in [0.3, 0.4) is 0 Å². The van der Waals surface area contributed by atoms with Gasteiger partial charge in [0.2, 0.25) is 0 Å². The molecule has 0 aromatic rings. The maximum atomic E-state index is 6.23. The summed E-state index contributed by atoms with van der Waals surface area (Å²) in [6.45, 7) is 17.2. The van der Waals surface area contributed by atoms with Crippen molar-refractivity contribution in [2.75, 3.05) is 6.17 Å². The van der Waals surface area contributed by atoms with Crippen LogP contribution in [0.2, 0.25) is 0 Å². The van der Waals surface area contributed by atoms with E-state index in [0.29, 0.717) is 6.04 Å². The molecule has 0 aliphatic rings. The van der Waals surface area contributed by atoms with E-state index in [9.17, 15) is 0 Å². The van der Waals surface area contributed by atoms with Crippen molar-refractivity contribution in [3.63, 3.8) is 0 Å². The highest BCUT2D eigenvalue weighted by atomic mass is 28.3. The van der Waals surface area contributed by atoms with Gasteiger partial charge in [0.25, 0.3) is 0 Å². The molecule has 0 aromatic carbocycles. The maximum absolute atomic E-state index is 6.23. The molecule has 0 spiro atoms. The van der Waals surface area contributed by atoms with Gasteiger partial charge in [-0.3, -0.25) is 0 Å². The maximum Gasteiger partial charge on any atom is 0.336 e. The first-order valence-electron chi connectivity index (χ1n) is 7.21. The molecule has 110 valence electrons. The molecule has 0 saturated carbocycles. The Labute approximate surface area is 115 Å². The van der Waals surface area contributed by atoms with E-state index < -0.39 is 9.28 Å². The summed E-state index contributed by atoms with van der Waals surface area (Å²) in [5.41, 5.74) is -0.168. The third-order valence-electron chi connectivity index (χ3n) is 3.30. The van der Waals surface area contributed by atoms with E-state index in [0.717, 1.165) is 19.0 Å². The van der Waals surface area contributed by atoms with E-state index in [2.05, 4.69) is 60.7 Å². The van der Waals surface area contributed by atoms with Crippen LogP contribution in [-0.4, -0.2) is 32.7 Å². The summed E-state index contributed by atoms with van der Waals surface area (Å²) >= 11 is 0. The van der Waals surface area contributed by atoms with Gasteiger partial charge in [0.05, 0.1) is 11.2 Å². The number of rotatable bonds is 9. The van der Waals surface area contributed by atoms with E-state index in [1.165, 1.54) is 0 Å². The average Bonchev–Trinajstić information content (AvgIpc) is 2.25. The van der Waals surface area contributed by atoms with Gasteiger partial charge in [0.15, 0.2) is 0 Å². The van der Waals surface area contributed by atoms with Gasteiger partial charge in [-0.15, -0.1) is 0 Å². The molecule has 0 fully saturated rings. The van der Waals surface area contributed by atoms with Crippen molar-refractivity contribution in [2.45, 2.75) is 85.5 Å². The fourth-order valence-corrected chi connectivity index (χ4v) is 3.95. The van der Waals surface area contributed by atoms with Crippen LogP contribution in [0.25, 0.3) is 0 Å². The van der Waals surface area contributed by atoms with Crippen molar-refractivity contribution in [1.29, 1.82) is 0 Å². The van der Waals surface area contributed by atoms with Crippen molar-refractivity contribution in [1.82, 2.24) is 5.32 Å².